The number of aldehydes is 1. The van der Waals surface area contributed by atoms with Gasteiger partial charge in [0, 0.05) is 0 Å². The van der Waals surface area contributed by atoms with Gasteiger partial charge < -0.3 is 4.74 Å². The molecule has 0 atom stereocenters. The van der Waals surface area contributed by atoms with Crippen molar-refractivity contribution >= 4 is 18.1 Å². The lowest BCUT2D eigenvalue weighted by atomic mass is 10.2. The standard InChI is InChI=1S/C12H13F2NO3/c1-12(2,3)18-11(17)15-10-8(13)5-4-7(6-16)9(10)14/h4-6H,1-3H3,(H,15,17). The van der Waals surface area contributed by atoms with Gasteiger partial charge in [-0.2, -0.15) is 0 Å². The molecule has 0 heterocycles. The maximum atomic E-state index is 13.6. The molecule has 0 fully saturated rings. The van der Waals surface area contributed by atoms with Crippen LogP contribution in [0.15, 0.2) is 12.1 Å². The van der Waals surface area contributed by atoms with Crippen LogP contribution in [-0.4, -0.2) is 18.0 Å². The monoisotopic (exact) mass is 257 g/mol. The summed E-state index contributed by atoms with van der Waals surface area (Å²) in [5.74, 6) is -2.11. The number of halogens is 2. The van der Waals surface area contributed by atoms with E-state index in [-0.39, 0.29) is 11.8 Å². The second kappa shape index (κ2) is 5.12. The quantitative estimate of drug-likeness (QED) is 0.828. The maximum Gasteiger partial charge on any atom is 0.412 e. The number of rotatable bonds is 2. The molecule has 18 heavy (non-hydrogen) atoms. The number of amides is 1. The number of ether oxygens (including phenoxy) is 1. The van der Waals surface area contributed by atoms with Crippen molar-refractivity contribution in [3.8, 4) is 0 Å². The van der Waals surface area contributed by atoms with Crippen LogP contribution in [0.3, 0.4) is 0 Å². The third kappa shape index (κ3) is 3.51. The van der Waals surface area contributed by atoms with E-state index in [1.807, 2.05) is 5.32 Å². The van der Waals surface area contributed by atoms with Gasteiger partial charge in [0.15, 0.2) is 12.1 Å². The molecule has 1 amide bonds. The summed E-state index contributed by atoms with van der Waals surface area (Å²) in [6.45, 7) is 4.84. The zero-order chi connectivity index (χ0) is 13.9. The Morgan fingerprint density at radius 1 is 1.33 bits per heavy atom. The van der Waals surface area contributed by atoms with Crippen LogP contribution in [0.5, 0.6) is 0 Å². The molecule has 0 aliphatic rings. The molecule has 0 saturated heterocycles. The van der Waals surface area contributed by atoms with Crippen LogP contribution in [0, 0.1) is 11.6 Å². The third-order valence-electron chi connectivity index (χ3n) is 1.87. The van der Waals surface area contributed by atoms with E-state index >= 15 is 0 Å². The Hall–Kier alpha value is -1.98. The molecule has 0 aliphatic carbocycles. The first-order valence-corrected chi connectivity index (χ1v) is 5.18. The number of hydrogen-bond acceptors (Lipinski definition) is 3. The van der Waals surface area contributed by atoms with Gasteiger partial charge in [-0.1, -0.05) is 0 Å². The normalized spacial score (nSPS) is 10.9. The number of benzene rings is 1. The van der Waals surface area contributed by atoms with Gasteiger partial charge in [0.1, 0.15) is 17.1 Å². The van der Waals surface area contributed by atoms with Crippen LogP contribution >= 0.6 is 0 Å². The minimum atomic E-state index is -1.13. The fraction of sp³-hybridized carbons (Fsp3) is 0.333. The second-order valence-electron chi connectivity index (χ2n) is 4.57. The molecule has 4 nitrogen and oxygen atoms in total. The number of carbonyl (C=O) groups is 2. The van der Waals surface area contributed by atoms with Gasteiger partial charge in [-0.05, 0) is 32.9 Å². The maximum absolute atomic E-state index is 13.6. The molecule has 0 saturated carbocycles. The molecular weight excluding hydrogens is 244 g/mol. The first-order chi connectivity index (χ1) is 8.24. The van der Waals surface area contributed by atoms with Crippen LogP contribution in [-0.2, 0) is 4.74 Å². The topological polar surface area (TPSA) is 55.4 Å². The van der Waals surface area contributed by atoms with Crippen molar-refractivity contribution in [2.24, 2.45) is 0 Å². The van der Waals surface area contributed by atoms with E-state index in [0.29, 0.717) is 0 Å². The average molecular weight is 257 g/mol. The molecule has 0 unspecified atom stereocenters. The van der Waals surface area contributed by atoms with E-state index in [4.69, 9.17) is 4.74 Å². The Bertz CT molecular complexity index is 481. The SMILES string of the molecule is CC(C)(C)OC(=O)Nc1c(F)ccc(C=O)c1F. The Kier molecular flexibility index (Phi) is 4.00. The van der Waals surface area contributed by atoms with E-state index in [2.05, 4.69) is 0 Å². The molecule has 6 heteroatoms. The summed E-state index contributed by atoms with van der Waals surface area (Å²) in [6, 6.07) is 1.87. The van der Waals surface area contributed by atoms with Crippen molar-refractivity contribution in [3.63, 3.8) is 0 Å². The number of hydrogen-bond donors (Lipinski definition) is 1. The van der Waals surface area contributed by atoms with E-state index in [0.717, 1.165) is 12.1 Å². The van der Waals surface area contributed by atoms with Gasteiger partial charge >= 0.3 is 6.09 Å². The van der Waals surface area contributed by atoms with Gasteiger partial charge in [0.05, 0.1) is 5.56 Å². The number of anilines is 1. The zero-order valence-corrected chi connectivity index (χ0v) is 10.2. The van der Waals surface area contributed by atoms with Crippen LogP contribution in [0.25, 0.3) is 0 Å². The molecule has 1 rings (SSSR count). The predicted molar refractivity (Wildman–Crippen MR) is 61.6 cm³/mol. The highest BCUT2D eigenvalue weighted by molar-refractivity contribution is 5.87. The first-order valence-electron chi connectivity index (χ1n) is 5.18. The summed E-state index contributed by atoms with van der Waals surface area (Å²) in [5.41, 5.74) is -1.84. The summed E-state index contributed by atoms with van der Waals surface area (Å²) in [4.78, 5) is 21.9. The van der Waals surface area contributed by atoms with Crippen molar-refractivity contribution in [2.75, 3.05) is 5.32 Å². The molecule has 0 aromatic heterocycles. The molecular formula is C12H13F2NO3. The largest absolute Gasteiger partial charge is 0.444 e. The van der Waals surface area contributed by atoms with Crippen LogP contribution < -0.4 is 5.32 Å². The Morgan fingerprint density at radius 2 is 1.94 bits per heavy atom. The summed E-state index contributed by atoms with van der Waals surface area (Å²) in [5, 5.41) is 1.94. The first kappa shape index (κ1) is 14.1. The van der Waals surface area contributed by atoms with Gasteiger partial charge in [0.25, 0.3) is 0 Å². The summed E-state index contributed by atoms with van der Waals surface area (Å²) < 4.78 is 31.8. The van der Waals surface area contributed by atoms with Crippen LogP contribution in [0.1, 0.15) is 31.1 Å². The Morgan fingerprint density at radius 3 is 2.44 bits per heavy atom. The lowest BCUT2D eigenvalue weighted by Gasteiger charge is -2.20. The number of nitrogens with one attached hydrogen (secondary N) is 1. The summed E-state index contributed by atoms with van der Waals surface area (Å²) >= 11 is 0. The zero-order valence-electron chi connectivity index (χ0n) is 10.2. The molecule has 1 aromatic rings. The lowest BCUT2D eigenvalue weighted by molar-refractivity contribution is 0.0634. The molecule has 0 radical (unpaired) electrons. The van der Waals surface area contributed by atoms with E-state index < -0.39 is 29.0 Å². The van der Waals surface area contributed by atoms with Gasteiger partial charge in [-0.25, -0.2) is 13.6 Å². The third-order valence-corrected chi connectivity index (χ3v) is 1.87. The molecule has 0 aliphatic heterocycles. The fourth-order valence-electron chi connectivity index (χ4n) is 1.18. The fourth-order valence-corrected chi connectivity index (χ4v) is 1.18. The minimum absolute atomic E-state index is 0.231. The van der Waals surface area contributed by atoms with Crippen LogP contribution in [0.2, 0.25) is 0 Å². The van der Waals surface area contributed by atoms with E-state index in [1.54, 1.807) is 20.8 Å². The Labute approximate surface area is 103 Å². The average Bonchev–Trinajstić information content (AvgIpc) is 2.22. The van der Waals surface area contributed by atoms with Crippen molar-refractivity contribution in [1.29, 1.82) is 0 Å². The molecule has 0 bridgehead atoms. The molecule has 1 aromatic carbocycles. The van der Waals surface area contributed by atoms with Gasteiger partial charge in [0.2, 0.25) is 0 Å². The minimum Gasteiger partial charge on any atom is -0.444 e. The highest BCUT2D eigenvalue weighted by atomic mass is 19.1. The molecule has 0 spiro atoms. The second-order valence-corrected chi connectivity index (χ2v) is 4.57. The Balaban J connectivity index is 2.97. The lowest BCUT2D eigenvalue weighted by Crippen LogP contribution is -2.28. The van der Waals surface area contributed by atoms with Crippen molar-refractivity contribution in [1.82, 2.24) is 0 Å². The molecule has 1 N–H and O–H groups in total. The van der Waals surface area contributed by atoms with Gasteiger partial charge in [-0.3, -0.25) is 10.1 Å². The smallest absolute Gasteiger partial charge is 0.412 e. The van der Waals surface area contributed by atoms with E-state index in [1.165, 1.54) is 0 Å². The van der Waals surface area contributed by atoms with Gasteiger partial charge in [-0.15, -0.1) is 0 Å². The van der Waals surface area contributed by atoms with Crippen molar-refractivity contribution in [2.45, 2.75) is 26.4 Å². The highest BCUT2D eigenvalue weighted by Gasteiger charge is 2.20. The van der Waals surface area contributed by atoms with Crippen molar-refractivity contribution in [3.05, 3.63) is 29.3 Å². The summed E-state index contributed by atoms with van der Waals surface area (Å²) in [6.07, 6.45) is -0.766. The summed E-state index contributed by atoms with van der Waals surface area (Å²) in [7, 11) is 0. The number of carbonyl (C=O) groups excluding carboxylic acids is 2. The van der Waals surface area contributed by atoms with Crippen LogP contribution in [0.4, 0.5) is 19.3 Å². The van der Waals surface area contributed by atoms with E-state index in [9.17, 15) is 18.4 Å². The van der Waals surface area contributed by atoms with Crippen molar-refractivity contribution < 1.29 is 23.1 Å². The highest BCUT2D eigenvalue weighted by Crippen LogP contribution is 2.22. The molecule has 98 valence electrons. The predicted octanol–water partition coefficient (Wildman–Crippen LogP) is 3.12.